The van der Waals surface area contributed by atoms with E-state index < -0.39 is 0 Å². The number of rotatable bonds is 4. The highest BCUT2D eigenvalue weighted by atomic mass is 14.9. The summed E-state index contributed by atoms with van der Waals surface area (Å²) >= 11 is 0. The third kappa shape index (κ3) is 3.13. The first-order chi connectivity index (χ1) is 8.99. The Labute approximate surface area is 116 Å². The van der Waals surface area contributed by atoms with Crippen LogP contribution < -0.4 is 5.32 Å². The lowest BCUT2D eigenvalue weighted by Gasteiger charge is -2.15. The number of pyridine rings is 1. The number of hydrogen-bond donors (Lipinski definition) is 1. The van der Waals surface area contributed by atoms with Gasteiger partial charge in [0.1, 0.15) is 0 Å². The third-order valence-electron chi connectivity index (χ3n) is 3.41. The van der Waals surface area contributed by atoms with Crippen LogP contribution in [0.4, 0.5) is 0 Å². The van der Waals surface area contributed by atoms with Gasteiger partial charge in [0.15, 0.2) is 0 Å². The smallest absolute Gasteiger partial charge is 0.0742 e. The van der Waals surface area contributed by atoms with Crippen molar-refractivity contribution in [3.8, 4) is 0 Å². The molecule has 0 saturated carbocycles. The Morgan fingerprint density at radius 3 is 2.53 bits per heavy atom. The Bertz CT molecular complexity index is 571. The van der Waals surface area contributed by atoms with Crippen LogP contribution in [0.25, 0.3) is 10.9 Å². The minimum Gasteiger partial charge on any atom is -0.310 e. The summed E-state index contributed by atoms with van der Waals surface area (Å²) < 4.78 is 0. The Morgan fingerprint density at radius 2 is 1.89 bits per heavy atom. The minimum absolute atomic E-state index is 0.497. The molecular formula is C17H24N2. The van der Waals surface area contributed by atoms with Gasteiger partial charge < -0.3 is 5.32 Å². The molecule has 2 rings (SSSR count). The largest absolute Gasteiger partial charge is 0.310 e. The van der Waals surface area contributed by atoms with E-state index in [9.17, 15) is 0 Å². The van der Waals surface area contributed by atoms with Crippen LogP contribution in [0.3, 0.4) is 0 Å². The number of nitrogens with one attached hydrogen (secondary N) is 1. The van der Waals surface area contributed by atoms with Gasteiger partial charge in [-0.2, -0.15) is 0 Å². The monoisotopic (exact) mass is 256 g/mol. The summed E-state index contributed by atoms with van der Waals surface area (Å²) in [5.74, 6) is 0.504. The first kappa shape index (κ1) is 14.0. The number of fused-ring (bicyclic) bond motifs is 1. The fourth-order valence-electron chi connectivity index (χ4n) is 2.41. The molecule has 19 heavy (non-hydrogen) atoms. The van der Waals surface area contributed by atoms with E-state index in [1.54, 1.807) is 0 Å². The maximum Gasteiger partial charge on any atom is 0.0742 e. The third-order valence-corrected chi connectivity index (χ3v) is 3.41. The molecule has 1 aromatic carbocycles. The molecule has 0 saturated heterocycles. The molecule has 2 heteroatoms. The van der Waals surface area contributed by atoms with Gasteiger partial charge in [0.2, 0.25) is 0 Å². The van der Waals surface area contributed by atoms with Crippen LogP contribution in [-0.2, 0) is 6.54 Å². The average molecular weight is 256 g/mol. The van der Waals surface area contributed by atoms with Crippen LogP contribution in [0.1, 0.15) is 50.4 Å². The molecule has 0 aliphatic rings. The van der Waals surface area contributed by atoms with Gasteiger partial charge in [-0.05, 0) is 30.0 Å². The zero-order valence-corrected chi connectivity index (χ0v) is 12.6. The Balaban J connectivity index is 2.55. The van der Waals surface area contributed by atoms with E-state index in [1.165, 1.54) is 16.5 Å². The number of aromatic nitrogens is 1. The Kier molecular flexibility index (Phi) is 4.20. The highest BCUT2D eigenvalue weighted by molar-refractivity contribution is 5.85. The molecule has 0 radical (unpaired) electrons. The van der Waals surface area contributed by atoms with Gasteiger partial charge in [-0.15, -0.1) is 0 Å². The van der Waals surface area contributed by atoms with Crippen molar-refractivity contribution in [2.75, 3.05) is 0 Å². The molecule has 1 aromatic heterocycles. The van der Waals surface area contributed by atoms with Gasteiger partial charge in [-0.1, -0.05) is 45.9 Å². The molecule has 2 aromatic rings. The molecule has 0 bridgehead atoms. The summed E-state index contributed by atoms with van der Waals surface area (Å²) in [5, 5.41) is 4.78. The first-order valence-corrected chi connectivity index (χ1v) is 7.11. The molecule has 0 fully saturated rings. The molecule has 0 amide bonds. The molecule has 0 aliphatic carbocycles. The van der Waals surface area contributed by atoms with E-state index in [2.05, 4.69) is 64.2 Å². The summed E-state index contributed by atoms with van der Waals surface area (Å²) in [6, 6.07) is 9.22. The first-order valence-electron chi connectivity index (χ1n) is 7.11. The van der Waals surface area contributed by atoms with Crippen molar-refractivity contribution in [2.24, 2.45) is 0 Å². The SMILES string of the molecule is Cc1cc(CNC(C)C)c2cccc(C(C)C)c2n1. The predicted octanol–water partition coefficient (Wildman–Crippen LogP) is 4.16. The Hall–Kier alpha value is -1.41. The van der Waals surface area contributed by atoms with Crippen molar-refractivity contribution < 1.29 is 0 Å². The van der Waals surface area contributed by atoms with Gasteiger partial charge in [-0.25, -0.2) is 0 Å². The molecule has 1 heterocycles. The van der Waals surface area contributed by atoms with Crippen LogP contribution in [0, 0.1) is 6.92 Å². The highest BCUT2D eigenvalue weighted by Crippen LogP contribution is 2.26. The molecule has 0 spiro atoms. The molecule has 0 unspecified atom stereocenters. The van der Waals surface area contributed by atoms with E-state index in [4.69, 9.17) is 4.98 Å². The summed E-state index contributed by atoms with van der Waals surface area (Å²) in [7, 11) is 0. The normalized spacial score (nSPS) is 11.7. The number of hydrogen-bond acceptors (Lipinski definition) is 2. The molecule has 102 valence electrons. The lowest BCUT2D eigenvalue weighted by Crippen LogP contribution is -2.22. The van der Waals surface area contributed by atoms with Gasteiger partial charge in [0, 0.05) is 23.7 Å². The number of nitrogens with zero attached hydrogens (tertiary/aromatic N) is 1. The molecule has 1 N–H and O–H groups in total. The van der Waals surface area contributed by atoms with Crippen LogP contribution in [-0.4, -0.2) is 11.0 Å². The summed E-state index contributed by atoms with van der Waals surface area (Å²) in [6.45, 7) is 11.8. The van der Waals surface area contributed by atoms with Gasteiger partial charge in [0.25, 0.3) is 0 Å². The lowest BCUT2D eigenvalue weighted by molar-refractivity contribution is 0.590. The van der Waals surface area contributed by atoms with Crippen LogP contribution >= 0.6 is 0 Å². The Morgan fingerprint density at radius 1 is 1.16 bits per heavy atom. The minimum atomic E-state index is 0.497. The number of benzene rings is 1. The van der Waals surface area contributed by atoms with Crippen LogP contribution in [0.15, 0.2) is 24.3 Å². The van der Waals surface area contributed by atoms with Crippen molar-refractivity contribution >= 4 is 10.9 Å². The standard InChI is InChI=1S/C17H24N2/c1-11(2)15-7-6-8-16-14(10-18-12(3)4)9-13(5)19-17(15)16/h6-9,11-12,18H,10H2,1-5H3. The average Bonchev–Trinajstić information content (AvgIpc) is 2.34. The lowest BCUT2D eigenvalue weighted by atomic mass is 9.97. The zero-order chi connectivity index (χ0) is 14.0. The van der Waals surface area contributed by atoms with E-state index >= 15 is 0 Å². The van der Waals surface area contributed by atoms with E-state index in [0.717, 1.165) is 17.8 Å². The van der Waals surface area contributed by atoms with E-state index in [0.29, 0.717) is 12.0 Å². The van der Waals surface area contributed by atoms with Crippen LogP contribution in [0.5, 0.6) is 0 Å². The zero-order valence-electron chi connectivity index (χ0n) is 12.6. The predicted molar refractivity (Wildman–Crippen MR) is 82.5 cm³/mol. The maximum absolute atomic E-state index is 4.76. The van der Waals surface area contributed by atoms with E-state index in [-0.39, 0.29) is 0 Å². The number of para-hydroxylation sites is 1. The molecule has 2 nitrogen and oxygen atoms in total. The second-order valence-corrected chi connectivity index (χ2v) is 5.86. The fourth-order valence-corrected chi connectivity index (χ4v) is 2.41. The molecule has 0 atom stereocenters. The molecular weight excluding hydrogens is 232 g/mol. The second kappa shape index (κ2) is 5.70. The number of aryl methyl sites for hydroxylation is 1. The van der Waals surface area contributed by atoms with Gasteiger partial charge in [-0.3, -0.25) is 4.98 Å². The van der Waals surface area contributed by atoms with Gasteiger partial charge in [0.05, 0.1) is 5.52 Å². The molecule has 0 aliphatic heterocycles. The fraction of sp³-hybridized carbons (Fsp3) is 0.471. The van der Waals surface area contributed by atoms with Crippen LogP contribution in [0.2, 0.25) is 0 Å². The summed E-state index contributed by atoms with van der Waals surface area (Å²) in [5.41, 5.74) is 4.95. The quantitative estimate of drug-likeness (QED) is 0.888. The van der Waals surface area contributed by atoms with Crippen molar-refractivity contribution in [2.45, 2.75) is 53.1 Å². The highest BCUT2D eigenvalue weighted by Gasteiger charge is 2.10. The van der Waals surface area contributed by atoms with Gasteiger partial charge >= 0.3 is 0 Å². The summed E-state index contributed by atoms with van der Waals surface area (Å²) in [6.07, 6.45) is 0. The van der Waals surface area contributed by atoms with Crippen molar-refractivity contribution in [1.29, 1.82) is 0 Å². The van der Waals surface area contributed by atoms with E-state index in [1.807, 2.05) is 0 Å². The summed E-state index contributed by atoms with van der Waals surface area (Å²) in [4.78, 5) is 4.76. The maximum atomic E-state index is 4.76. The second-order valence-electron chi connectivity index (χ2n) is 5.86. The van der Waals surface area contributed by atoms with Crippen molar-refractivity contribution in [3.63, 3.8) is 0 Å². The topological polar surface area (TPSA) is 24.9 Å². The van der Waals surface area contributed by atoms with Crippen molar-refractivity contribution in [1.82, 2.24) is 10.3 Å². The van der Waals surface area contributed by atoms with Crippen molar-refractivity contribution in [3.05, 3.63) is 41.1 Å².